The first kappa shape index (κ1) is 18.8. The smallest absolute Gasteiger partial charge is 0.0648 e. The van der Waals surface area contributed by atoms with E-state index in [1.165, 1.54) is 50.3 Å². The summed E-state index contributed by atoms with van der Waals surface area (Å²) in [6.45, 7) is 7.32. The molecule has 0 aromatic rings. The molecule has 0 bridgehead atoms. The Morgan fingerprint density at radius 3 is 2.48 bits per heavy atom. The highest BCUT2D eigenvalue weighted by Crippen LogP contribution is 2.65. The average Bonchev–Trinajstić information content (AvgIpc) is 2.98. The maximum absolute atomic E-state index is 10.8. The molecule has 1 nitrogen and oxygen atoms in total. The minimum absolute atomic E-state index is 0.332. The van der Waals surface area contributed by atoms with Gasteiger partial charge in [0, 0.05) is 5.33 Å². The van der Waals surface area contributed by atoms with Crippen LogP contribution in [0.5, 0.6) is 0 Å². The van der Waals surface area contributed by atoms with Crippen molar-refractivity contribution in [2.24, 2.45) is 46.8 Å². The van der Waals surface area contributed by atoms with E-state index in [2.05, 4.69) is 36.7 Å². The number of halogens is 1. The normalized spacial score (nSPS) is 53.6. The van der Waals surface area contributed by atoms with Crippen LogP contribution in [0.25, 0.3) is 0 Å². The van der Waals surface area contributed by atoms with Crippen LogP contribution in [0, 0.1) is 46.8 Å². The fourth-order valence-electron chi connectivity index (χ4n) is 8.37. The van der Waals surface area contributed by atoms with E-state index in [1.54, 1.807) is 0 Å². The molecule has 0 aliphatic heterocycles. The second-order valence-electron chi connectivity index (χ2n) is 10.6. The van der Waals surface area contributed by atoms with Crippen LogP contribution in [0.3, 0.4) is 0 Å². The molecule has 4 rings (SSSR count). The molecular weight excluding hydrogens is 372 g/mol. The quantitative estimate of drug-likeness (QED) is 0.531. The number of alkyl halides is 1. The lowest BCUT2D eigenvalue weighted by Crippen LogP contribution is -2.51. The minimum Gasteiger partial charge on any atom is -0.390 e. The van der Waals surface area contributed by atoms with Crippen molar-refractivity contribution >= 4 is 15.9 Å². The Morgan fingerprint density at radius 1 is 1.00 bits per heavy atom. The third kappa shape index (κ3) is 2.96. The predicted molar refractivity (Wildman–Crippen MR) is 109 cm³/mol. The molecule has 4 aliphatic carbocycles. The topological polar surface area (TPSA) is 20.2 Å². The molecule has 0 saturated heterocycles. The summed E-state index contributed by atoms with van der Waals surface area (Å²) in [5, 5.41) is 12.0. The Kier molecular flexibility index (Phi) is 5.11. The van der Waals surface area contributed by atoms with E-state index in [1.807, 2.05) is 0 Å². The molecule has 0 aromatic heterocycles. The summed E-state index contributed by atoms with van der Waals surface area (Å²) in [4.78, 5) is 0. The van der Waals surface area contributed by atoms with Crippen molar-refractivity contribution in [2.75, 3.05) is 5.33 Å². The SMILES string of the molecule is CC[C@@]1(O)CC[C@H]2[C@@H](CC[C@@H]3[C@@H]2CC[C@]2(C)[C@@H](C(C)CBr)CC[C@@H]32)C1. The second kappa shape index (κ2) is 6.80. The molecule has 1 N–H and O–H groups in total. The van der Waals surface area contributed by atoms with Crippen LogP contribution < -0.4 is 0 Å². The van der Waals surface area contributed by atoms with Crippen LogP contribution in [-0.4, -0.2) is 16.0 Å². The van der Waals surface area contributed by atoms with Gasteiger partial charge in [0.1, 0.15) is 0 Å². The summed E-state index contributed by atoms with van der Waals surface area (Å²) in [7, 11) is 0. The molecule has 4 fully saturated rings. The van der Waals surface area contributed by atoms with Crippen LogP contribution >= 0.6 is 15.9 Å². The van der Waals surface area contributed by atoms with Gasteiger partial charge in [0.05, 0.1) is 5.60 Å². The number of hydrogen-bond acceptors (Lipinski definition) is 1. The van der Waals surface area contributed by atoms with Gasteiger partial charge in [-0.1, -0.05) is 36.7 Å². The van der Waals surface area contributed by atoms with E-state index < -0.39 is 0 Å². The van der Waals surface area contributed by atoms with Crippen molar-refractivity contribution in [2.45, 2.75) is 90.6 Å². The van der Waals surface area contributed by atoms with E-state index in [9.17, 15) is 5.11 Å². The molecule has 0 radical (unpaired) electrons. The van der Waals surface area contributed by atoms with Gasteiger partial charge in [0.25, 0.3) is 0 Å². The first-order valence-electron chi connectivity index (χ1n) is 11.2. The summed E-state index contributed by atoms with van der Waals surface area (Å²) in [6, 6.07) is 0. The molecule has 0 heterocycles. The Morgan fingerprint density at radius 2 is 1.76 bits per heavy atom. The third-order valence-corrected chi connectivity index (χ3v) is 10.8. The first-order valence-corrected chi connectivity index (χ1v) is 12.3. The highest BCUT2D eigenvalue weighted by atomic mass is 79.9. The number of rotatable bonds is 3. The van der Waals surface area contributed by atoms with E-state index in [0.717, 1.165) is 60.7 Å². The van der Waals surface area contributed by atoms with Crippen LogP contribution in [0.1, 0.15) is 85.0 Å². The zero-order chi connectivity index (χ0) is 17.8. The lowest BCUT2D eigenvalue weighted by Gasteiger charge is -2.57. The summed E-state index contributed by atoms with van der Waals surface area (Å²) in [6.07, 6.45) is 13.2. The molecule has 0 spiro atoms. The molecular formula is C23H39BrO. The second-order valence-corrected chi connectivity index (χ2v) is 11.3. The molecule has 9 atom stereocenters. The number of hydrogen-bond donors (Lipinski definition) is 1. The zero-order valence-electron chi connectivity index (χ0n) is 16.6. The van der Waals surface area contributed by atoms with Gasteiger partial charge in [-0.25, -0.2) is 0 Å². The standard InChI is InChI=1S/C23H39BrO/c1-4-23(25)12-10-17-16(13-23)5-6-19-18(17)9-11-22(3)20(15(2)14-24)7-8-21(19)22/h15-21,25H,4-14H2,1-3H3/t15?,16-,17-,18+,19+,20+,21-,22+,23+/m0/s1. The Bertz CT molecular complexity index is 492. The fraction of sp³-hybridized carbons (Fsp3) is 1.00. The molecule has 4 saturated carbocycles. The zero-order valence-corrected chi connectivity index (χ0v) is 18.2. The highest BCUT2D eigenvalue weighted by molar-refractivity contribution is 9.09. The minimum atomic E-state index is -0.332. The average molecular weight is 411 g/mol. The lowest BCUT2D eigenvalue weighted by atomic mass is 9.48. The molecule has 1 unspecified atom stereocenters. The molecule has 144 valence electrons. The summed E-state index contributed by atoms with van der Waals surface area (Å²) in [5.41, 5.74) is 0.279. The summed E-state index contributed by atoms with van der Waals surface area (Å²) < 4.78 is 0. The monoisotopic (exact) mass is 410 g/mol. The Hall–Kier alpha value is 0.440. The van der Waals surface area contributed by atoms with Gasteiger partial charge < -0.3 is 5.11 Å². The maximum atomic E-state index is 10.8. The van der Waals surface area contributed by atoms with Gasteiger partial charge in [-0.2, -0.15) is 0 Å². The van der Waals surface area contributed by atoms with Gasteiger partial charge in [-0.15, -0.1) is 0 Å². The van der Waals surface area contributed by atoms with Gasteiger partial charge in [0.2, 0.25) is 0 Å². The van der Waals surface area contributed by atoms with E-state index >= 15 is 0 Å². The largest absolute Gasteiger partial charge is 0.390 e. The van der Waals surface area contributed by atoms with E-state index in [4.69, 9.17) is 0 Å². The van der Waals surface area contributed by atoms with Crippen LogP contribution in [-0.2, 0) is 0 Å². The van der Waals surface area contributed by atoms with Crippen molar-refractivity contribution in [1.82, 2.24) is 0 Å². The number of fused-ring (bicyclic) bond motifs is 5. The van der Waals surface area contributed by atoms with Crippen molar-refractivity contribution in [3.05, 3.63) is 0 Å². The Balaban J connectivity index is 1.51. The van der Waals surface area contributed by atoms with Crippen molar-refractivity contribution in [3.63, 3.8) is 0 Å². The maximum Gasteiger partial charge on any atom is 0.0648 e. The summed E-state index contributed by atoms with van der Waals surface area (Å²) >= 11 is 3.77. The van der Waals surface area contributed by atoms with Gasteiger partial charge in [-0.3, -0.25) is 0 Å². The summed E-state index contributed by atoms with van der Waals surface area (Å²) in [5.74, 6) is 6.50. The van der Waals surface area contributed by atoms with Gasteiger partial charge in [-0.05, 0) is 111 Å². The predicted octanol–water partition coefficient (Wildman–Crippen LogP) is 6.43. The molecule has 0 aromatic carbocycles. The molecule has 2 heteroatoms. The van der Waals surface area contributed by atoms with Crippen LogP contribution in [0.4, 0.5) is 0 Å². The van der Waals surface area contributed by atoms with Crippen LogP contribution in [0.2, 0.25) is 0 Å². The van der Waals surface area contributed by atoms with Gasteiger partial charge in [0.15, 0.2) is 0 Å². The Labute approximate surface area is 163 Å². The molecule has 25 heavy (non-hydrogen) atoms. The molecule has 4 aliphatic rings. The fourth-order valence-corrected chi connectivity index (χ4v) is 8.82. The first-order chi connectivity index (χ1) is 11.9. The highest BCUT2D eigenvalue weighted by Gasteiger charge is 2.58. The molecule has 0 amide bonds. The van der Waals surface area contributed by atoms with E-state index in [0.29, 0.717) is 5.41 Å². The van der Waals surface area contributed by atoms with Crippen molar-refractivity contribution in [3.8, 4) is 0 Å². The third-order valence-electron chi connectivity index (χ3n) is 9.77. The number of aliphatic hydroxyl groups is 1. The van der Waals surface area contributed by atoms with Gasteiger partial charge >= 0.3 is 0 Å². The van der Waals surface area contributed by atoms with Crippen molar-refractivity contribution < 1.29 is 5.11 Å². The van der Waals surface area contributed by atoms with Crippen molar-refractivity contribution in [1.29, 1.82) is 0 Å². The van der Waals surface area contributed by atoms with Crippen LogP contribution in [0.15, 0.2) is 0 Å². The van der Waals surface area contributed by atoms with E-state index in [-0.39, 0.29) is 5.60 Å². The lowest BCUT2D eigenvalue weighted by molar-refractivity contribution is -0.108.